The maximum Gasteiger partial charge on any atom is 0.242 e. The van der Waals surface area contributed by atoms with Gasteiger partial charge in [0.25, 0.3) is 0 Å². The molecule has 1 N–H and O–H groups in total. The second kappa shape index (κ2) is 10.2. The van der Waals surface area contributed by atoms with Crippen LogP contribution in [0.1, 0.15) is 18.1 Å². The lowest BCUT2D eigenvalue weighted by atomic mass is 10.1. The molecule has 0 unspecified atom stereocenters. The van der Waals surface area contributed by atoms with Crippen molar-refractivity contribution in [2.24, 2.45) is 0 Å². The second-order valence-corrected chi connectivity index (χ2v) is 7.34. The van der Waals surface area contributed by atoms with Crippen molar-refractivity contribution < 1.29 is 9.59 Å². The number of nitrogens with zero attached hydrogens (tertiary/aromatic N) is 1. The molecule has 2 amide bonds. The van der Waals surface area contributed by atoms with Crippen LogP contribution in [-0.2, 0) is 21.9 Å². The van der Waals surface area contributed by atoms with Gasteiger partial charge in [0, 0.05) is 24.4 Å². The van der Waals surface area contributed by atoms with Gasteiger partial charge in [0.05, 0.1) is 5.75 Å². The molecule has 4 nitrogen and oxygen atoms in total. The van der Waals surface area contributed by atoms with E-state index in [1.165, 1.54) is 5.56 Å². The highest BCUT2D eigenvalue weighted by Crippen LogP contribution is 2.17. The molecule has 0 spiro atoms. The number of hydrogen-bond donors (Lipinski definition) is 1. The third-order valence-electron chi connectivity index (χ3n) is 4.02. The lowest BCUT2D eigenvalue weighted by Crippen LogP contribution is -2.47. The van der Waals surface area contributed by atoms with Crippen LogP contribution in [-0.4, -0.2) is 35.6 Å². The van der Waals surface area contributed by atoms with Gasteiger partial charge in [-0.3, -0.25) is 9.59 Å². The van der Waals surface area contributed by atoms with E-state index in [0.717, 1.165) is 11.3 Å². The molecule has 0 heterocycles. The molecule has 6 heteroatoms. The molecule has 0 aliphatic rings. The van der Waals surface area contributed by atoms with E-state index in [9.17, 15) is 9.59 Å². The average molecular weight is 391 g/mol. The summed E-state index contributed by atoms with van der Waals surface area (Å²) in [6.45, 7) is 2.12. The van der Waals surface area contributed by atoms with E-state index < -0.39 is 6.04 Å². The van der Waals surface area contributed by atoms with E-state index in [4.69, 9.17) is 11.6 Å². The van der Waals surface area contributed by atoms with Crippen molar-refractivity contribution in [3.05, 3.63) is 70.7 Å². The molecule has 0 bridgehead atoms. The van der Waals surface area contributed by atoms with Crippen LogP contribution in [0.25, 0.3) is 0 Å². The largest absolute Gasteiger partial charge is 0.357 e. The normalized spacial score (nSPS) is 11.7. The van der Waals surface area contributed by atoms with E-state index in [-0.39, 0.29) is 11.8 Å². The Balaban J connectivity index is 2.02. The molecule has 0 aliphatic heterocycles. The van der Waals surface area contributed by atoms with Crippen molar-refractivity contribution >= 4 is 35.2 Å². The highest BCUT2D eigenvalue weighted by atomic mass is 35.5. The molecule has 2 aromatic carbocycles. The van der Waals surface area contributed by atoms with Crippen molar-refractivity contribution in [2.45, 2.75) is 25.3 Å². The van der Waals surface area contributed by atoms with Gasteiger partial charge in [-0.05, 0) is 30.2 Å². The van der Waals surface area contributed by atoms with Crippen molar-refractivity contribution in [1.29, 1.82) is 0 Å². The Kier molecular flexibility index (Phi) is 8.01. The van der Waals surface area contributed by atoms with E-state index >= 15 is 0 Å². The zero-order valence-corrected chi connectivity index (χ0v) is 16.5. The SMILES string of the molecule is CNC(=O)[C@H](C)N(Cc1ccc(Cl)cc1)C(=O)CSCc1ccccc1. The molecule has 0 aromatic heterocycles. The summed E-state index contributed by atoms with van der Waals surface area (Å²) in [7, 11) is 1.58. The van der Waals surface area contributed by atoms with Crippen molar-refractivity contribution in [3.63, 3.8) is 0 Å². The first-order valence-electron chi connectivity index (χ1n) is 8.38. The molecule has 2 aromatic rings. The molecule has 0 fully saturated rings. The molecule has 0 saturated heterocycles. The van der Waals surface area contributed by atoms with Crippen LogP contribution in [0.4, 0.5) is 0 Å². The van der Waals surface area contributed by atoms with Crippen LogP contribution in [0.3, 0.4) is 0 Å². The summed E-state index contributed by atoms with van der Waals surface area (Å²) < 4.78 is 0. The summed E-state index contributed by atoms with van der Waals surface area (Å²) in [5.74, 6) is 0.844. The first-order chi connectivity index (χ1) is 12.5. The fourth-order valence-electron chi connectivity index (χ4n) is 2.49. The Morgan fingerprint density at radius 1 is 1.08 bits per heavy atom. The molecule has 0 aliphatic carbocycles. The predicted octanol–water partition coefficient (Wildman–Crippen LogP) is 3.74. The van der Waals surface area contributed by atoms with Crippen LogP contribution in [0.5, 0.6) is 0 Å². The van der Waals surface area contributed by atoms with E-state index in [1.807, 2.05) is 42.5 Å². The summed E-state index contributed by atoms with van der Waals surface area (Å²) in [4.78, 5) is 26.4. The third-order valence-corrected chi connectivity index (χ3v) is 5.26. The van der Waals surface area contributed by atoms with E-state index in [2.05, 4.69) is 5.32 Å². The lowest BCUT2D eigenvalue weighted by molar-refractivity contribution is -0.138. The molecule has 26 heavy (non-hydrogen) atoms. The number of halogens is 1. The van der Waals surface area contributed by atoms with Crippen LogP contribution in [0, 0.1) is 0 Å². The number of hydrogen-bond acceptors (Lipinski definition) is 3. The predicted molar refractivity (Wildman–Crippen MR) is 108 cm³/mol. The third kappa shape index (κ3) is 6.07. The van der Waals surface area contributed by atoms with Gasteiger partial charge in [-0.1, -0.05) is 54.1 Å². The fourth-order valence-corrected chi connectivity index (χ4v) is 3.49. The van der Waals surface area contributed by atoms with Gasteiger partial charge in [-0.2, -0.15) is 0 Å². The summed E-state index contributed by atoms with van der Waals surface area (Å²) in [6.07, 6.45) is 0. The minimum Gasteiger partial charge on any atom is -0.357 e. The molecule has 0 radical (unpaired) electrons. The van der Waals surface area contributed by atoms with Gasteiger partial charge in [-0.25, -0.2) is 0 Å². The monoisotopic (exact) mass is 390 g/mol. The minimum absolute atomic E-state index is 0.0584. The number of carbonyl (C=O) groups excluding carboxylic acids is 2. The number of benzene rings is 2. The first kappa shape index (κ1) is 20.3. The van der Waals surface area contributed by atoms with Crippen LogP contribution >= 0.6 is 23.4 Å². The van der Waals surface area contributed by atoms with Crippen molar-refractivity contribution in [3.8, 4) is 0 Å². The van der Waals surface area contributed by atoms with Gasteiger partial charge in [0.1, 0.15) is 6.04 Å². The Labute approximate surface area is 163 Å². The quantitative estimate of drug-likeness (QED) is 0.747. The molecular formula is C20H23ClN2O2S. The maximum absolute atomic E-state index is 12.8. The second-order valence-electron chi connectivity index (χ2n) is 5.92. The Morgan fingerprint density at radius 2 is 1.73 bits per heavy atom. The topological polar surface area (TPSA) is 49.4 Å². The zero-order valence-electron chi connectivity index (χ0n) is 14.9. The highest BCUT2D eigenvalue weighted by molar-refractivity contribution is 7.99. The van der Waals surface area contributed by atoms with Crippen LogP contribution in [0.15, 0.2) is 54.6 Å². The Hall–Kier alpha value is -1.98. The number of carbonyl (C=O) groups is 2. The van der Waals surface area contributed by atoms with Gasteiger partial charge in [0.2, 0.25) is 11.8 Å². The number of rotatable bonds is 8. The highest BCUT2D eigenvalue weighted by Gasteiger charge is 2.25. The summed E-state index contributed by atoms with van der Waals surface area (Å²) >= 11 is 7.47. The molecular weight excluding hydrogens is 368 g/mol. The number of nitrogens with one attached hydrogen (secondary N) is 1. The van der Waals surface area contributed by atoms with Gasteiger partial charge >= 0.3 is 0 Å². The molecule has 0 saturated carbocycles. The van der Waals surface area contributed by atoms with Gasteiger partial charge < -0.3 is 10.2 Å². The molecule has 1 atom stereocenters. The summed E-state index contributed by atoms with van der Waals surface area (Å²) in [5, 5.41) is 3.26. The zero-order chi connectivity index (χ0) is 18.9. The average Bonchev–Trinajstić information content (AvgIpc) is 2.67. The maximum atomic E-state index is 12.8. The van der Waals surface area contributed by atoms with E-state index in [0.29, 0.717) is 17.3 Å². The van der Waals surface area contributed by atoms with Gasteiger partial charge in [0.15, 0.2) is 0 Å². The van der Waals surface area contributed by atoms with Crippen LogP contribution in [0.2, 0.25) is 5.02 Å². The van der Waals surface area contributed by atoms with E-state index in [1.54, 1.807) is 42.8 Å². The lowest BCUT2D eigenvalue weighted by Gasteiger charge is -2.28. The Bertz CT molecular complexity index is 722. The summed E-state index contributed by atoms with van der Waals surface area (Å²) in [6, 6.07) is 16.8. The smallest absolute Gasteiger partial charge is 0.242 e. The molecule has 138 valence electrons. The van der Waals surface area contributed by atoms with Gasteiger partial charge in [-0.15, -0.1) is 11.8 Å². The summed E-state index contributed by atoms with van der Waals surface area (Å²) in [5.41, 5.74) is 2.11. The first-order valence-corrected chi connectivity index (χ1v) is 9.91. The standard InChI is InChI=1S/C20H23ClN2O2S/c1-15(20(25)22-2)23(12-16-8-10-18(21)11-9-16)19(24)14-26-13-17-6-4-3-5-7-17/h3-11,15H,12-14H2,1-2H3,(H,22,25)/t15-/m0/s1. The minimum atomic E-state index is -0.541. The number of amides is 2. The van der Waals surface area contributed by atoms with Crippen molar-refractivity contribution in [1.82, 2.24) is 10.2 Å². The Morgan fingerprint density at radius 3 is 2.35 bits per heavy atom. The van der Waals surface area contributed by atoms with Crippen LogP contribution < -0.4 is 5.32 Å². The fraction of sp³-hybridized carbons (Fsp3) is 0.300. The molecule has 2 rings (SSSR count). The van der Waals surface area contributed by atoms with Crippen molar-refractivity contribution in [2.75, 3.05) is 12.8 Å². The number of thioether (sulfide) groups is 1. The number of likely N-dealkylation sites (N-methyl/N-ethyl adjacent to an activating group) is 1.